The van der Waals surface area contributed by atoms with E-state index < -0.39 is 0 Å². The molecule has 2 rings (SSSR count). The van der Waals surface area contributed by atoms with Gasteiger partial charge in [-0.15, -0.1) is 0 Å². The summed E-state index contributed by atoms with van der Waals surface area (Å²) in [5.74, 6) is -0.379. The van der Waals surface area contributed by atoms with E-state index in [-0.39, 0.29) is 12.6 Å². The fourth-order valence-corrected chi connectivity index (χ4v) is 2.09. The maximum absolute atomic E-state index is 12.0. The maximum Gasteiger partial charge on any atom is 0.338 e. The van der Waals surface area contributed by atoms with Gasteiger partial charge in [0.25, 0.3) is 0 Å². The van der Waals surface area contributed by atoms with E-state index in [9.17, 15) is 4.79 Å². The number of aromatic nitrogens is 1. The molecule has 1 aromatic carbocycles. The Morgan fingerprint density at radius 1 is 1.25 bits per heavy atom. The molecule has 2 aromatic rings. The number of aryl methyl sites for hydroxylation is 1. The molecule has 0 fully saturated rings. The number of benzene rings is 1. The van der Waals surface area contributed by atoms with Crippen LogP contribution in [0.1, 0.15) is 35.0 Å². The Morgan fingerprint density at radius 2 is 2.00 bits per heavy atom. The number of carbonyl (C=O) groups is 1. The summed E-state index contributed by atoms with van der Waals surface area (Å²) in [6, 6.07) is 12.8. The summed E-state index contributed by atoms with van der Waals surface area (Å²) in [7, 11) is 0. The molecule has 0 unspecified atom stereocenters. The Balaban J connectivity index is 2.05. The lowest BCUT2D eigenvalue weighted by Gasteiger charge is -2.07. The van der Waals surface area contributed by atoms with Gasteiger partial charge >= 0.3 is 5.97 Å². The van der Waals surface area contributed by atoms with Crippen molar-refractivity contribution in [3.8, 4) is 0 Å². The summed E-state index contributed by atoms with van der Waals surface area (Å²) >= 11 is 5.93. The minimum absolute atomic E-state index is 0.253. The number of hydrogen-bond donors (Lipinski definition) is 0. The van der Waals surface area contributed by atoms with Crippen LogP contribution in [-0.4, -0.2) is 11.0 Å². The molecule has 0 bridgehead atoms. The second kappa shape index (κ2) is 7.06. The smallest absolute Gasteiger partial charge is 0.338 e. The largest absolute Gasteiger partial charge is 0.457 e. The molecule has 0 N–H and O–H groups in total. The van der Waals surface area contributed by atoms with Crippen molar-refractivity contribution in [1.82, 2.24) is 4.98 Å². The van der Waals surface area contributed by atoms with Crippen molar-refractivity contribution in [1.29, 1.82) is 0 Å². The maximum atomic E-state index is 12.0. The van der Waals surface area contributed by atoms with Crippen LogP contribution in [0.2, 0.25) is 5.15 Å². The van der Waals surface area contributed by atoms with Crippen LogP contribution in [0.25, 0.3) is 0 Å². The first kappa shape index (κ1) is 14.5. The fraction of sp³-hybridized carbons (Fsp3) is 0.250. The van der Waals surface area contributed by atoms with Crippen LogP contribution in [0.4, 0.5) is 0 Å². The van der Waals surface area contributed by atoms with Crippen LogP contribution in [-0.2, 0) is 17.8 Å². The minimum atomic E-state index is -0.379. The Hall–Kier alpha value is -1.87. The molecule has 20 heavy (non-hydrogen) atoms. The third kappa shape index (κ3) is 4.07. The van der Waals surface area contributed by atoms with Crippen LogP contribution < -0.4 is 0 Å². The molecule has 0 spiro atoms. The van der Waals surface area contributed by atoms with Crippen LogP contribution in [0, 0.1) is 0 Å². The van der Waals surface area contributed by atoms with Gasteiger partial charge in [-0.25, -0.2) is 9.78 Å². The van der Waals surface area contributed by atoms with Crippen LogP contribution >= 0.6 is 11.6 Å². The van der Waals surface area contributed by atoms with E-state index in [1.165, 1.54) is 6.07 Å². The van der Waals surface area contributed by atoms with Gasteiger partial charge in [0.05, 0.1) is 5.56 Å². The number of hydrogen-bond acceptors (Lipinski definition) is 3. The molecular weight excluding hydrogens is 274 g/mol. The van der Waals surface area contributed by atoms with Gasteiger partial charge in [0.2, 0.25) is 0 Å². The van der Waals surface area contributed by atoms with Gasteiger partial charge in [0.15, 0.2) is 0 Å². The van der Waals surface area contributed by atoms with Crippen molar-refractivity contribution in [2.24, 2.45) is 0 Å². The molecule has 0 aliphatic rings. The Bertz CT molecular complexity index is 584. The van der Waals surface area contributed by atoms with E-state index in [0.29, 0.717) is 10.7 Å². The summed E-state index contributed by atoms with van der Waals surface area (Å²) < 4.78 is 5.28. The van der Waals surface area contributed by atoms with Gasteiger partial charge in [-0.2, -0.15) is 0 Å². The molecule has 0 atom stereocenters. The van der Waals surface area contributed by atoms with Gasteiger partial charge in [-0.3, -0.25) is 0 Å². The van der Waals surface area contributed by atoms with Crippen LogP contribution in [0.5, 0.6) is 0 Å². The predicted molar refractivity (Wildman–Crippen MR) is 78.8 cm³/mol. The fourth-order valence-electron chi connectivity index (χ4n) is 1.86. The topological polar surface area (TPSA) is 39.2 Å². The second-order valence-electron chi connectivity index (χ2n) is 4.48. The summed E-state index contributed by atoms with van der Waals surface area (Å²) in [5.41, 5.74) is 2.21. The summed E-state index contributed by atoms with van der Waals surface area (Å²) in [6.45, 7) is 2.30. The van der Waals surface area contributed by atoms with Crippen LogP contribution in [0.15, 0.2) is 42.5 Å². The zero-order chi connectivity index (χ0) is 14.4. The van der Waals surface area contributed by atoms with E-state index >= 15 is 0 Å². The molecule has 0 saturated heterocycles. The Morgan fingerprint density at radius 3 is 2.70 bits per heavy atom. The number of esters is 1. The quantitative estimate of drug-likeness (QED) is 0.616. The zero-order valence-electron chi connectivity index (χ0n) is 11.3. The standard InChI is InChI=1S/C16H16ClNO2/c1-2-6-14-9-13(10-15(17)18-14)16(19)20-11-12-7-4-3-5-8-12/h3-5,7-10H,2,6,11H2,1H3. The van der Waals surface area contributed by atoms with Crippen molar-refractivity contribution >= 4 is 17.6 Å². The zero-order valence-corrected chi connectivity index (χ0v) is 12.1. The number of halogens is 1. The highest BCUT2D eigenvalue weighted by Crippen LogP contribution is 2.14. The van der Waals surface area contributed by atoms with Crippen molar-refractivity contribution in [3.63, 3.8) is 0 Å². The van der Waals surface area contributed by atoms with Gasteiger partial charge in [0, 0.05) is 5.69 Å². The van der Waals surface area contributed by atoms with E-state index in [4.69, 9.17) is 16.3 Å². The van der Waals surface area contributed by atoms with E-state index in [1.54, 1.807) is 6.07 Å². The van der Waals surface area contributed by atoms with E-state index in [1.807, 2.05) is 30.3 Å². The molecule has 1 heterocycles. The minimum Gasteiger partial charge on any atom is -0.457 e. The van der Waals surface area contributed by atoms with Crippen molar-refractivity contribution in [3.05, 3.63) is 64.4 Å². The highest BCUT2D eigenvalue weighted by Gasteiger charge is 2.10. The monoisotopic (exact) mass is 289 g/mol. The molecule has 0 radical (unpaired) electrons. The number of carbonyl (C=O) groups excluding carboxylic acids is 1. The average Bonchev–Trinajstić information content (AvgIpc) is 2.45. The Labute approximate surface area is 123 Å². The first-order valence-electron chi connectivity index (χ1n) is 6.56. The average molecular weight is 290 g/mol. The molecule has 0 saturated carbocycles. The lowest BCUT2D eigenvalue weighted by Crippen LogP contribution is -2.07. The lowest BCUT2D eigenvalue weighted by molar-refractivity contribution is 0.0472. The van der Waals surface area contributed by atoms with Crippen LogP contribution in [0.3, 0.4) is 0 Å². The third-order valence-corrected chi connectivity index (χ3v) is 3.00. The number of rotatable bonds is 5. The number of pyridine rings is 1. The second-order valence-corrected chi connectivity index (χ2v) is 4.87. The first-order valence-corrected chi connectivity index (χ1v) is 6.94. The molecular formula is C16H16ClNO2. The van der Waals surface area contributed by atoms with Crippen molar-refractivity contribution in [2.75, 3.05) is 0 Å². The first-order chi connectivity index (χ1) is 9.69. The molecule has 3 nitrogen and oxygen atoms in total. The summed E-state index contributed by atoms with van der Waals surface area (Å²) in [4.78, 5) is 16.2. The molecule has 1 aromatic heterocycles. The lowest BCUT2D eigenvalue weighted by atomic mass is 10.1. The van der Waals surface area contributed by atoms with Gasteiger partial charge in [-0.1, -0.05) is 55.3 Å². The molecule has 0 aliphatic carbocycles. The Kier molecular flexibility index (Phi) is 5.13. The van der Waals surface area contributed by atoms with Crippen molar-refractivity contribution in [2.45, 2.75) is 26.4 Å². The predicted octanol–water partition coefficient (Wildman–Crippen LogP) is 4.04. The van der Waals surface area contributed by atoms with E-state index in [0.717, 1.165) is 24.1 Å². The molecule has 0 amide bonds. The van der Waals surface area contributed by atoms with Gasteiger partial charge < -0.3 is 4.74 Å². The SMILES string of the molecule is CCCc1cc(C(=O)OCc2ccccc2)cc(Cl)n1. The van der Waals surface area contributed by atoms with E-state index in [2.05, 4.69) is 11.9 Å². The van der Waals surface area contributed by atoms with Gasteiger partial charge in [-0.05, 0) is 24.1 Å². The summed E-state index contributed by atoms with van der Waals surface area (Å²) in [5, 5.41) is 0.322. The number of nitrogens with zero attached hydrogens (tertiary/aromatic N) is 1. The third-order valence-electron chi connectivity index (χ3n) is 2.80. The molecule has 104 valence electrons. The number of ether oxygens (including phenoxy) is 1. The van der Waals surface area contributed by atoms with Gasteiger partial charge in [0.1, 0.15) is 11.8 Å². The van der Waals surface area contributed by atoms with Crippen molar-refractivity contribution < 1.29 is 9.53 Å². The highest BCUT2D eigenvalue weighted by atomic mass is 35.5. The normalized spacial score (nSPS) is 10.3. The molecule has 0 aliphatic heterocycles. The molecule has 4 heteroatoms. The summed E-state index contributed by atoms with van der Waals surface area (Å²) in [6.07, 6.45) is 1.74. The highest BCUT2D eigenvalue weighted by molar-refractivity contribution is 6.29.